The number of carbonyl (C=O) groups is 1. The Bertz CT molecular complexity index is 483. The van der Waals surface area contributed by atoms with Crippen molar-refractivity contribution in [2.75, 3.05) is 13.7 Å². The van der Waals surface area contributed by atoms with Crippen LogP contribution in [0.15, 0.2) is 42.7 Å². The molecule has 0 bridgehead atoms. The van der Waals surface area contributed by atoms with Crippen LogP contribution in [0.1, 0.15) is 15.9 Å². The minimum atomic E-state index is -0.141. The van der Waals surface area contributed by atoms with Crippen LogP contribution in [0.2, 0.25) is 0 Å². The molecule has 0 unspecified atom stereocenters. The van der Waals surface area contributed by atoms with Crippen molar-refractivity contribution in [3.8, 4) is 11.8 Å². The van der Waals surface area contributed by atoms with Crippen LogP contribution in [0.3, 0.4) is 0 Å². The Morgan fingerprint density at radius 1 is 1.50 bits per heavy atom. The summed E-state index contributed by atoms with van der Waals surface area (Å²) in [5.41, 5.74) is 3.71. The van der Waals surface area contributed by atoms with Gasteiger partial charge in [0.05, 0.1) is 0 Å². The van der Waals surface area contributed by atoms with Gasteiger partial charge in [0.15, 0.2) is 5.78 Å². The fraction of sp³-hybridized carbons (Fsp3) is 0.143. The maximum absolute atomic E-state index is 11.6. The Morgan fingerprint density at radius 3 is 2.94 bits per heavy atom. The van der Waals surface area contributed by atoms with Crippen LogP contribution < -0.4 is 0 Å². The van der Waals surface area contributed by atoms with E-state index in [0.717, 1.165) is 0 Å². The summed E-state index contributed by atoms with van der Waals surface area (Å²) in [7, 11) is 1.58. The molecule has 0 saturated heterocycles. The molecule has 0 atom stereocenters. The van der Waals surface area contributed by atoms with E-state index in [1.807, 2.05) is 6.07 Å². The average Bonchev–Trinajstić information content (AvgIpc) is 2.30. The number of hydrogen-bond donors (Lipinski definition) is 0. The Labute approximate surface area is 95.2 Å². The third kappa shape index (κ3) is 3.25. The van der Waals surface area contributed by atoms with E-state index in [0.29, 0.717) is 17.7 Å². The molecule has 1 aromatic carbocycles. The molecular weight excluding hydrogens is 200 g/mol. The Kier molecular flexibility index (Phi) is 4.82. The number of carbonyl (C=O) groups excluding carboxylic acids is 1. The molecule has 1 aromatic rings. The summed E-state index contributed by atoms with van der Waals surface area (Å²) in [6.07, 6.45) is 1.30. The zero-order valence-corrected chi connectivity index (χ0v) is 9.12. The lowest BCUT2D eigenvalue weighted by Crippen LogP contribution is -1.97. The second kappa shape index (κ2) is 6.42. The third-order valence-electron chi connectivity index (χ3n) is 1.87. The maximum atomic E-state index is 11.6. The van der Waals surface area contributed by atoms with Gasteiger partial charge in [-0.15, -0.1) is 5.73 Å². The number of methoxy groups -OCH3 is 1. The molecule has 16 heavy (non-hydrogen) atoms. The van der Waals surface area contributed by atoms with Crippen molar-refractivity contribution in [1.29, 1.82) is 0 Å². The van der Waals surface area contributed by atoms with E-state index in [9.17, 15) is 4.79 Å². The van der Waals surface area contributed by atoms with Gasteiger partial charge in [0, 0.05) is 24.3 Å². The van der Waals surface area contributed by atoms with E-state index in [1.165, 1.54) is 6.08 Å². The van der Waals surface area contributed by atoms with Crippen molar-refractivity contribution in [2.45, 2.75) is 0 Å². The van der Waals surface area contributed by atoms with Crippen LogP contribution in [0.25, 0.3) is 0 Å². The summed E-state index contributed by atoms with van der Waals surface area (Å²) in [4.78, 5) is 11.6. The van der Waals surface area contributed by atoms with Crippen molar-refractivity contribution < 1.29 is 9.53 Å². The van der Waals surface area contributed by atoms with E-state index in [-0.39, 0.29) is 5.78 Å². The zero-order chi connectivity index (χ0) is 11.8. The Balaban J connectivity index is 3.06. The maximum Gasteiger partial charge on any atom is 0.194 e. The fourth-order valence-corrected chi connectivity index (χ4v) is 1.18. The average molecular weight is 212 g/mol. The van der Waals surface area contributed by atoms with Gasteiger partial charge in [0.2, 0.25) is 0 Å². The van der Waals surface area contributed by atoms with Crippen LogP contribution in [-0.4, -0.2) is 19.5 Å². The summed E-state index contributed by atoms with van der Waals surface area (Å²) in [6, 6.07) is 7.16. The number of allylic oxidation sites excluding steroid dienone is 1. The summed E-state index contributed by atoms with van der Waals surface area (Å²) >= 11 is 0. The van der Waals surface area contributed by atoms with Crippen molar-refractivity contribution in [3.63, 3.8) is 0 Å². The van der Waals surface area contributed by atoms with Crippen LogP contribution in [0.5, 0.6) is 0 Å². The van der Waals surface area contributed by atoms with Crippen LogP contribution in [0, 0.1) is 11.8 Å². The smallest absolute Gasteiger partial charge is 0.194 e. The highest BCUT2D eigenvalue weighted by atomic mass is 16.5. The summed E-state index contributed by atoms with van der Waals surface area (Å²) in [5.74, 6) is 5.56. The first-order chi connectivity index (χ1) is 7.79. The first-order valence-electron chi connectivity index (χ1n) is 4.76. The van der Waals surface area contributed by atoms with Gasteiger partial charge in [0.25, 0.3) is 0 Å². The van der Waals surface area contributed by atoms with Crippen LogP contribution >= 0.6 is 0 Å². The van der Waals surface area contributed by atoms with E-state index < -0.39 is 0 Å². The topological polar surface area (TPSA) is 26.3 Å². The lowest BCUT2D eigenvalue weighted by molar-refractivity contribution is 0.104. The molecule has 0 aromatic heterocycles. The van der Waals surface area contributed by atoms with Gasteiger partial charge in [-0.05, 0) is 12.1 Å². The number of rotatable bonds is 3. The summed E-state index contributed by atoms with van der Waals surface area (Å²) in [5, 5.41) is 0. The molecule has 2 nitrogen and oxygen atoms in total. The predicted octanol–water partition coefficient (Wildman–Crippen LogP) is 2.21. The molecular formula is C14H12O2. The molecule has 0 aliphatic rings. The molecule has 0 aliphatic heterocycles. The lowest BCUT2D eigenvalue weighted by Gasteiger charge is -1.98. The first kappa shape index (κ1) is 12.0. The molecule has 0 fully saturated rings. The highest BCUT2D eigenvalue weighted by molar-refractivity contribution is 6.06. The predicted molar refractivity (Wildman–Crippen MR) is 63.2 cm³/mol. The Morgan fingerprint density at radius 2 is 2.25 bits per heavy atom. The summed E-state index contributed by atoms with van der Waals surface area (Å²) in [6.45, 7) is 3.72. The summed E-state index contributed by atoms with van der Waals surface area (Å²) < 4.78 is 4.82. The van der Waals surface area contributed by atoms with Gasteiger partial charge in [0.1, 0.15) is 6.61 Å². The lowest BCUT2D eigenvalue weighted by atomic mass is 10.0. The van der Waals surface area contributed by atoms with Gasteiger partial charge < -0.3 is 4.74 Å². The normalized spacial score (nSPS) is 8.56. The molecule has 0 amide bonds. The molecule has 0 heterocycles. The number of hydrogen-bond acceptors (Lipinski definition) is 2. The van der Waals surface area contributed by atoms with Gasteiger partial charge in [-0.3, -0.25) is 4.79 Å². The number of ketones is 1. The molecule has 0 N–H and O–H groups in total. The minimum Gasteiger partial charge on any atom is -0.372 e. The molecule has 0 radical (unpaired) electrons. The van der Waals surface area contributed by atoms with E-state index in [4.69, 9.17) is 4.74 Å². The highest BCUT2D eigenvalue weighted by Crippen LogP contribution is 2.08. The van der Waals surface area contributed by atoms with Gasteiger partial charge in [-0.1, -0.05) is 30.6 Å². The first-order valence-corrected chi connectivity index (χ1v) is 4.76. The van der Waals surface area contributed by atoms with E-state index >= 15 is 0 Å². The van der Waals surface area contributed by atoms with Crippen molar-refractivity contribution >= 4 is 5.78 Å². The molecule has 0 saturated carbocycles. The van der Waals surface area contributed by atoms with Crippen molar-refractivity contribution in [2.24, 2.45) is 0 Å². The SMILES string of the molecule is C=C=CC(=O)c1ccccc1C#CCOC. The molecule has 1 rings (SSSR count). The van der Waals surface area contributed by atoms with Gasteiger partial charge in [-0.25, -0.2) is 0 Å². The zero-order valence-electron chi connectivity index (χ0n) is 9.12. The highest BCUT2D eigenvalue weighted by Gasteiger charge is 2.05. The quantitative estimate of drug-likeness (QED) is 0.332. The number of ether oxygens (including phenoxy) is 1. The largest absolute Gasteiger partial charge is 0.372 e. The molecule has 2 heteroatoms. The monoisotopic (exact) mass is 212 g/mol. The van der Waals surface area contributed by atoms with Crippen molar-refractivity contribution in [1.82, 2.24) is 0 Å². The molecule has 80 valence electrons. The third-order valence-corrected chi connectivity index (χ3v) is 1.87. The van der Waals surface area contributed by atoms with Crippen LogP contribution in [0.4, 0.5) is 0 Å². The van der Waals surface area contributed by atoms with E-state index in [2.05, 4.69) is 24.2 Å². The van der Waals surface area contributed by atoms with Gasteiger partial charge >= 0.3 is 0 Å². The van der Waals surface area contributed by atoms with Crippen molar-refractivity contribution in [3.05, 3.63) is 53.8 Å². The van der Waals surface area contributed by atoms with E-state index in [1.54, 1.807) is 25.3 Å². The van der Waals surface area contributed by atoms with Crippen LogP contribution in [-0.2, 0) is 4.74 Å². The molecule has 0 spiro atoms. The number of benzene rings is 1. The Hall–Kier alpha value is -2.07. The minimum absolute atomic E-state index is 0.141. The molecule has 0 aliphatic carbocycles. The fourth-order valence-electron chi connectivity index (χ4n) is 1.18. The second-order valence-corrected chi connectivity index (χ2v) is 2.99. The standard InChI is InChI=1S/C14H12O2/c1-3-7-14(15)13-10-5-4-8-12(13)9-6-11-16-2/h4-5,7-8,10H,1,11H2,2H3. The second-order valence-electron chi connectivity index (χ2n) is 2.99. The van der Waals surface area contributed by atoms with Gasteiger partial charge in [-0.2, -0.15) is 0 Å².